The summed E-state index contributed by atoms with van der Waals surface area (Å²) in [6.07, 6.45) is 0.715. The molecule has 2 rings (SSSR count). The number of benzene rings is 2. The minimum absolute atomic E-state index is 0.372. The Morgan fingerprint density at radius 1 is 1.05 bits per heavy atom. The molecule has 21 heavy (non-hydrogen) atoms. The second-order valence-electron chi connectivity index (χ2n) is 4.67. The lowest BCUT2D eigenvalue weighted by Gasteiger charge is -2.16. The third-order valence-corrected chi connectivity index (χ3v) is 3.30. The van der Waals surface area contributed by atoms with Crippen LogP contribution in [0.2, 0.25) is 0 Å². The number of hydrogen-bond donors (Lipinski definition) is 2. The minimum Gasteiger partial charge on any atom is -0.479 e. The number of rotatable bonds is 5. The Bertz CT molecular complexity index is 637. The molecule has 0 fully saturated rings. The van der Waals surface area contributed by atoms with Gasteiger partial charge in [-0.2, -0.15) is 0 Å². The van der Waals surface area contributed by atoms with E-state index < -0.39 is 12.0 Å². The van der Waals surface area contributed by atoms with Crippen LogP contribution in [0.4, 0.5) is 0 Å². The zero-order chi connectivity index (χ0) is 15.2. The van der Waals surface area contributed by atoms with Crippen LogP contribution in [0.1, 0.15) is 34.5 Å². The number of carbonyl (C=O) groups is 2. The molecule has 0 unspecified atom stereocenters. The van der Waals surface area contributed by atoms with Gasteiger partial charge in [-0.1, -0.05) is 55.5 Å². The van der Waals surface area contributed by atoms with Gasteiger partial charge in [0.05, 0.1) is 0 Å². The summed E-state index contributed by atoms with van der Waals surface area (Å²) >= 11 is 0. The highest BCUT2D eigenvalue weighted by molar-refractivity contribution is 5.98. The van der Waals surface area contributed by atoms with Crippen molar-refractivity contribution in [2.45, 2.75) is 19.4 Å². The summed E-state index contributed by atoms with van der Waals surface area (Å²) in [5.74, 6) is -1.45. The first-order valence-electron chi connectivity index (χ1n) is 6.80. The van der Waals surface area contributed by atoms with Crippen molar-refractivity contribution in [2.24, 2.45) is 0 Å². The van der Waals surface area contributed by atoms with E-state index in [1.807, 2.05) is 19.1 Å². The lowest BCUT2D eigenvalue weighted by Crippen LogP contribution is -2.34. The number of aryl methyl sites for hydroxylation is 1. The molecule has 0 bridgehead atoms. The number of carboxylic acids is 1. The molecule has 0 aromatic heterocycles. The van der Waals surface area contributed by atoms with Gasteiger partial charge in [-0.05, 0) is 23.6 Å². The van der Waals surface area contributed by atoms with E-state index in [-0.39, 0.29) is 5.91 Å². The molecule has 108 valence electrons. The maximum atomic E-state index is 12.3. The molecule has 2 aromatic carbocycles. The molecule has 0 aliphatic rings. The van der Waals surface area contributed by atoms with Crippen molar-refractivity contribution >= 4 is 11.9 Å². The summed E-state index contributed by atoms with van der Waals surface area (Å²) in [6.45, 7) is 1.96. The minimum atomic E-state index is -1.08. The van der Waals surface area contributed by atoms with Gasteiger partial charge in [-0.15, -0.1) is 0 Å². The molecule has 0 aliphatic heterocycles. The van der Waals surface area contributed by atoms with E-state index in [1.54, 1.807) is 42.5 Å². The first-order chi connectivity index (χ1) is 10.1. The topological polar surface area (TPSA) is 66.4 Å². The number of nitrogens with one attached hydrogen (secondary N) is 1. The average Bonchev–Trinajstić information content (AvgIpc) is 2.52. The van der Waals surface area contributed by atoms with Crippen molar-refractivity contribution in [3.05, 3.63) is 71.3 Å². The number of hydrogen-bond acceptors (Lipinski definition) is 2. The maximum Gasteiger partial charge on any atom is 0.330 e. The van der Waals surface area contributed by atoms with Gasteiger partial charge >= 0.3 is 5.97 Å². The number of carbonyl (C=O) groups excluding carboxylic acids is 1. The maximum absolute atomic E-state index is 12.3. The Labute approximate surface area is 123 Å². The molecule has 0 radical (unpaired) electrons. The third-order valence-electron chi connectivity index (χ3n) is 3.30. The lowest BCUT2D eigenvalue weighted by molar-refractivity contribution is -0.139. The van der Waals surface area contributed by atoms with Crippen molar-refractivity contribution in [1.29, 1.82) is 0 Å². The van der Waals surface area contributed by atoms with Gasteiger partial charge in [0.15, 0.2) is 6.04 Å². The number of amides is 1. The molecule has 4 nitrogen and oxygen atoms in total. The summed E-state index contributed by atoms with van der Waals surface area (Å²) in [5, 5.41) is 11.9. The van der Waals surface area contributed by atoms with Crippen LogP contribution in [0.25, 0.3) is 0 Å². The number of aliphatic carboxylic acids is 1. The van der Waals surface area contributed by atoms with E-state index >= 15 is 0 Å². The zero-order valence-corrected chi connectivity index (χ0v) is 11.7. The second-order valence-corrected chi connectivity index (χ2v) is 4.67. The van der Waals surface area contributed by atoms with E-state index in [1.165, 1.54) is 0 Å². The van der Waals surface area contributed by atoms with Crippen LogP contribution in [-0.4, -0.2) is 17.0 Å². The average molecular weight is 283 g/mol. The molecule has 0 spiro atoms. The largest absolute Gasteiger partial charge is 0.479 e. The van der Waals surface area contributed by atoms with Gasteiger partial charge < -0.3 is 10.4 Å². The van der Waals surface area contributed by atoms with Gasteiger partial charge in [0.2, 0.25) is 0 Å². The van der Waals surface area contributed by atoms with Gasteiger partial charge in [0.1, 0.15) is 0 Å². The molecule has 1 amide bonds. The predicted octanol–water partition coefficient (Wildman–Crippen LogP) is 2.80. The van der Waals surface area contributed by atoms with E-state index in [0.717, 1.165) is 5.56 Å². The van der Waals surface area contributed by atoms with Crippen molar-refractivity contribution in [2.75, 3.05) is 0 Å². The van der Waals surface area contributed by atoms with Crippen LogP contribution in [0.15, 0.2) is 54.6 Å². The highest BCUT2D eigenvalue weighted by atomic mass is 16.4. The summed E-state index contributed by atoms with van der Waals surface area (Å²) in [5.41, 5.74) is 1.96. The Morgan fingerprint density at radius 3 is 2.29 bits per heavy atom. The molecule has 2 N–H and O–H groups in total. The Morgan fingerprint density at radius 2 is 1.67 bits per heavy atom. The quantitative estimate of drug-likeness (QED) is 0.886. The SMILES string of the molecule is CCc1ccccc1C(=O)N[C@H](C(=O)O)c1ccccc1. The second kappa shape index (κ2) is 6.70. The molecule has 2 aromatic rings. The smallest absolute Gasteiger partial charge is 0.330 e. The van der Waals surface area contributed by atoms with Crippen LogP contribution in [-0.2, 0) is 11.2 Å². The molecule has 4 heteroatoms. The fraction of sp³-hybridized carbons (Fsp3) is 0.176. The Hall–Kier alpha value is -2.62. The van der Waals surface area contributed by atoms with Crippen LogP contribution in [0, 0.1) is 0 Å². The monoisotopic (exact) mass is 283 g/mol. The fourth-order valence-corrected chi connectivity index (χ4v) is 2.19. The molecular formula is C17H17NO3. The van der Waals surface area contributed by atoms with Gasteiger partial charge in [-0.25, -0.2) is 4.79 Å². The molecule has 0 heterocycles. The predicted molar refractivity (Wildman–Crippen MR) is 80.1 cm³/mol. The zero-order valence-electron chi connectivity index (χ0n) is 11.7. The van der Waals surface area contributed by atoms with Gasteiger partial charge in [0.25, 0.3) is 5.91 Å². The van der Waals surface area contributed by atoms with Crippen molar-refractivity contribution in [1.82, 2.24) is 5.32 Å². The highest BCUT2D eigenvalue weighted by Gasteiger charge is 2.23. The van der Waals surface area contributed by atoms with Gasteiger partial charge in [-0.3, -0.25) is 4.79 Å². The summed E-state index contributed by atoms with van der Waals surface area (Å²) in [4.78, 5) is 23.7. The van der Waals surface area contributed by atoms with Crippen LogP contribution in [0.5, 0.6) is 0 Å². The first-order valence-corrected chi connectivity index (χ1v) is 6.80. The molecule has 0 saturated heterocycles. The van der Waals surface area contributed by atoms with Crippen molar-refractivity contribution < 1.29 is 14.7 Å². The summed E-state index contributed by atoms with van der Waals surface area (Å²) in [7, 11) is 0. The summed E-state index contributed by atoms with van der Waals surface area (Å²) in [6, 6.07) is 14.8. The fourth-order valence-electron chi connectivity index (χ4n) is 2.19. The van der Waals surface area contributed by atoms with Gasteiger partial charge in [0, 0.05) is 5.56 Å². The Balaban J connectivity index is 2.25. The molecule has 0 aliphatic carbocycles. The molecule has 0 saturated carbocycles. The molecule has 1 atom stereocenters. The van der Waals surface area contributed by atoms with E-state index in [4.69, 9.17) is 0 Å². The van der Waals surface area contributed by atoms with Crippen LogP contribution >= 0.6 is 0 Å². The Kier molecular flexibility index (Phi) is 4.72. The highest BCUT2D eigenvalue weighted by Crippen LogP contribution is 2.15. The summed E-state index contributed by atoms with van der Waals surface area (Å²) < 4.78 is 0. The van der Waals surface area contributed by atoms with Crippen LogP contribution in [0.3, 0.4) is 0 Å². The number of carboxylic acid groups (broad SMARTS) is 1. The van der Waals surface area contributed by atoms with E-state index in [2.05, 4.69) is 5.32 Å². The molecular weight excluding hydrogens is 266 g/mol. The van der Waals surface area contributed by atoms with E-state index in [9.17, 15) is 14.7 Å². The normalized spacial score (nSPS) is 11.7. The first kappa shape index (κ1) is 14.8. The van der Waals surface area contributed by atoms with Crippen molar-refractivity contribution in [3.63, 3.8) is 0 Å². The lowest BCUT2D eigenvalue weighted by atomic mass is 10.0. The standard InChI is InChI=1S/C17H17NO3/c1-2-12-8-6-7-11-14(12)16(19)18-15(17(20)21)13-9-4-3-5-10-13/h3-11,15H,2H2,1H3,(H,18,19)(H,20,21)/t15-/m0/s1. The van der Waals surface area contributed by atoms with E-state index in [0.29, 0.717) is 17.5 Å². The third kappa shape index (κ3) is 3.48. The van der Waals surface area contributed by atoms with Crippen molar-refractivity contribution in [3.8, 4) is 0 Å². The van der Waals surface area contributed by atoms with Crippen LogP contribution < -0.4 is 5.32 Å².